The summed E-state index contributed by atoms with van der Waals surface area (Å²) >= 11 is 0. The zero-order valence-electron chi connectivity index (χ0n) is 34.8. The molecule has 0 N–H and O–H groups in total. The zero-order chi connectivity index (χ0) is 42.0. The molecule has 11 aromatic carbocycles. The number of fused-ring (bicyclic) bond motifs is 2. The van der Waals surface area contributed by atoms with Crippen molar-refractivity contribution in [2.45, 2.75) is 0 Å². The highest BCUT2D eigenvalue weighted by Crippen LogP contribution is 2.46. The molecule has 11 rings (SSSR count). The van der Waals surface area contributed by atoms with E-state index in [-0.39, 0.29) is 0 Å². The minimum absolute atomic E-state index is 1.08. The summed E-state index contributed by atoms with van der Waals surface area (Å²) in [6.07, 6.45) is 0. The minimum atomic E-state index is 1.08. The third-order valence-electron chi connectivity index (χ3n) is 12.3. The molecule has 296 valence electrons. The molecule has 0 saturated heterocycles. The van der Waals surface area contributed by atoms with Crippen LogP contribution in [-0.4, -0.2) is 0 Å². The quantitative estimate of drug-likeness (QED) is 0.141. The Kier molecular flexibility index (Phi) is 9.97. The third-order valence-corrected chi connectivity index (χ3v) is 12.3. The van der Waals surface area contributed by atoms with Gasteiger partial charge in [-0.05, 0) is 137 Å². The predicted molar refractivity (Wildman–Crippen MR) is 269 cm³/mol. The molecule has 0 aliphatic carbocycles. The number of nitrogens with zero attached hydrogens (tertiary/aromatic N) is 1. The van der Waals surface area contributed by atoms with Gasteiger partial charge in [0.05, 0.1) is 0 Å². The van der Waals surface area contributed by atoms with Crippen molar-refractivity contribution in [3.05, 3.63) is 261 Å². The highest BCUT2D eigenvalue weighted by atomic mass is 15.1. The van der Waals surface area contributed by atoms with E-state index in [1.807, 2.05) is 0 Å². The molecular weight excluding hydrogens is 759 g/mol. The third kappa shape index (κ3) is 7.37. The van der Waals surface area contributed by atoms with Crippen LogP contribution in [-0.2, 0) is 0 Å². The SMILES string of the molecule is c1ccc(-c2cc(-c3ccccc3)c(-c3cccc(N(c4ccc(-c5cccc6ccccc56)cc4)c4ccc(-c5cccc6ccccc56)cc4)c3)c(-c3ccccc3)c2)cc1. The van der Waals surface area contributed by atoms with Crippen LogP contribution >= 0.6 is 0 Å². The first-order valence-electron chi connectivity index (χ1n) is 21.7. The van der Waals surface area contributed by atoms with E-state index in [4.69, 9.17) is 0 Å². The molecule has 1 heteroatoms. The van der Waals surface area contributed by atoms with Crippen LogP contribution in [0.2, 0.25) is 0 Å². The van der Waals surface area contributed by atoms with Gasteiger partial charge in [-0.3, -0.25) is 0 Å². The Labute approximate surface area is 369 Å². The molecule has 63 heavy (non-hydrogen) atoms. The lowest BCUT2D eigenvalue weighted by atomic mass is 9.84. The van der Waals surface area contributed by atoms with Gasteiger partial charge < -0.3 is 4.90 Å². The summed E-state index contributed by atoms with van der Waals surface area (Å²) in [6.45, 7) is 0. The van der Waals surface area contributed by atoms with Gasteiger partial charge in [0.1, 0.15) is 0 Å². The Balaban J connectivity index is 1.09. The van der Waals surface area contributed by atoms with Crippen LogP contribution in [0.25, 0.3) is 88.3 Å². The van der Waals surface area contributed by atoms with E-state index in [1.165, 1.54) is 82.7 Å². The second-order valence-electron chi connectivity index (χ2n) is 16.1. The topological polar surface area (TPSA) is 3.24 Å². The number of benzene rings is 11. The first-order valence-corrected chi connectivity index (χ1v) is 21.7. The maximum absolute atomic E-state index is 2.39. The molecule has 1 nitrogen and oxygen atoms in total. The summed E-state index contributed by atoms with van der Waals surface area (Å²) in [5.74, 6) is 0. The number of hydrogen-bond donors (Lipinski definition) is 0. The van der Waals surface area contributed by atoms with Gasteiger partial charge in [0.25, 0.3) is 0 Å². The van der Waals surface area contributed by atoms with Crippen molar-refractivity contribution in [2.24, 2.45) is 0 Å². The van der Waals surface area contributed by atoms with E-state index in [1.54, 1.807) is 0 Å². The van der Waals surface area contributed by atoms with Crippen molar-refractivity contribution in [2.75, 3.05) is 4.90 Å². The van der Waals surface area contributed by atoms with Crippen LogP contribution in [0.1, 0.15) is 0 Å². The molecule has 0 unspecified atom stereocenters. The van der Waals surface area contributed by atoms with Crippen molar-refractivity contribution in [1.82, 2.24) is 0 Å². The molecule has 0 spiro atoms. The monoisotopic (exact) mass is 801 g/mol. The van der Waals surface area contributed by atoms with Crippen LogP contribution in [0.3, 0.4) is 0 Å². The van der Waals surface area contributed by atoms with Gasteiger partial charge in [0.15, 0.2) is 0 Å². The van der Waals surface area contributed by atoms with Crippen molar-refractivity contribution < 1.29 is 0 Å². The Bertz CT molecular complexity index is 3160. The normalized spacial score (nSPS) is 11.2. The molecule has 0 aliphatic rings. The second-order valence-corrected chi connectivity index (χ2v) is 16.1. The first-order chi connectivity index (χ1) is 31.2. The number of rotatable bonds is 9. The van der Waals surface area contributed by atoms with E-state index in [9.17, 15) is 0 Å². The van der Waals surface area contributed by atoms with E-state index in [0.717, 1.165) is 22.6 Å². The van der Waals surface area contributed by atoms with Gasteiger partial charge >= 0.3 is 0 Å². The zero-order valence-corrected chi connectivity index (χ0v) is 34.8. The van der Waals surface area contributed by atoms with E-state index >= 15 is 0 Å². The lowest BCUT2D eigenvalue weighted by Gasteiger charge is -2.27. The maximum atomic E-state index is 2.39. The summed E-state index contributed by atoms with van der Waals surface area (Å²) in [4.78, 5) is 2.39. The Morgan fingerprint density at radius 2 is 0.587 bits per heavy atom. The Morgan fingerprint density at radius 1 is 0.206 bits per heavy atom. The van der Waals surface area contributed by atoms with E-state index < -0.39 is 0 Å². The summed E-state index contributed by atoms with van der Waals surface area (Å²) in [5.41, 5.74) is 17.6. The van der Waals surface area contributed by atoms with Crippen LogP contribution in [0.15, 0.2) is 261 Å². The van der Waals surface area contributed by atoms with Crippen LogP contribution in [0.4, 0.5) is 17.1 Å². The molecular formula is C62H43N. The molecule has 0 aromatic heterocycles. The summed E-state index contributed by atoms with van der Waals surface area (Å²) in [7, 11) is 0. The molecule has 0 saturated carbocycles. The lowest BCUT2D eigenvalue weighted by molar-refractivity contribution is 1.28. The van der Waals surface area contributed by atoms with Crippen molar-refractivity contribution in [3.63, 3.8) is 0 Å². The molecule has 11 aromatic rings. The molecule has 0 atom stereocenters. The number of anilines is 3. The molecule has 0 fully saturated rings. The summed E-state index contributed by atoms with van der Waals surface area (Å²) < 4.78 is 0. The number of hydrogen-bond acceptors (Lipinski definition) is 1. The van der Waals surface area contributed by atoms with Gasteiger partial charge in [-0.2, -0.15) is 0 Å². The van der Waals surface area contributed by atoms with Crippen molar-refractivity contribution in [1.29, 1.82) is 0 Å². The molecule has 0 amide bonds. The molecule has 0 bridgehead atoms. The van der Waals surface area contributed by atoms with Crippen LogP contribution in [0.5, 0.6) is 0 Å². The summed E-state index contributed by atoms with van der Waals surface area (Å²) in [6, 6.07) is 94.7. The predicted octanol–water partition coefficient (Wildman–Crippen LogP) is 17.5. The van der Waals surface area contributed by atoms with Gasteiger partial charge in [-0.1, -0.05) is 212 Å². The summed E-state index contributed by atoms with van der Waals surface area (Å²) in [5, 5.41) is 4.99. The molecule has 0 aliphatic heterocycles. The lowest BCUT2D eigenvalue weighted by Crippen LogP contribution is -2.10. The van der Waals surface area contributed by atoms with Gasteiger partial charge in [-0.25, -0.2) is 0 Å². The fourth-order valence-electron chi connectivity index (χ4n) is 9.22. The van der Waals surface area contributed by atoms with Gasteiger partial charge in [-0.15, -0.1) is 0 Å². The first kappa shape index (κ1) is 37.7. The minimum Gasteiger partial charge on any atom is -0.310 e. The van der Waals surface area contributed by atoms with Gasteiger partial charge in [0, 0.05) is 17.1 Å². The van der Waals surface area contributed by atoms with Gasteiger partial charge in [0.2, 0.25) is 0 Å². The largest absolute Gasteiger partial charge is 0.310 e. The van der Waals surface area contributed by atoms with Crippen molar-refractivity contribution >= 4 is 38.6 Å². The average molecular weight is 802 g/mol. The standard InChI is InChI=1S/C62H43N/c1-4-17-44(18-5-1)52-42-60(47-19-6-2-7-20-47)62(61(43-52)48-21-8-3-9-22-48)51-27-14-28-55(41-51)63(53-37-33-49(34-38-53)58-31-15-25-45-23-10-12-29-56(45)58)54-39-35-50(36-40-54)59-32-16-26-46-24-11-13-30-57(46)59/h1-43H. The smallest absolute Gasteiger partial charge is 0.0467 e. The van der Waals surface area contributed by atoms with Crippen LogP contribution < -0.4 is 4.90 Å². The maximum Gasteiger partial charge on any atom is 0.0467 e. The fraction of sp³-hybridized carbons (Fsp3) is 0. The second kappa shape index (κ2) is 16.7. The van der Waals surface area contributed by atoms with Crippen LogP contribution in [0, 0.1) is 0 Å². The molecule has 0 radical (unpaired) electrons. The highest BCUT2D eigenvalue weighted by Gasteiger charge is 2.20. The Morgan fingerprint density at radius 3 is 1.08 bits per heavy atom. The highest BCUT2D eigenvalue weighted by molar-refractivity contribution is 6.00. The molecule has 0 heterocycles. The van der Waals surface area contributed by atoms with E-state index in [2.05, 4.69) is 266 Å². The Hall–Kier alpha value is -8.26. The van der Waals surface area contributed by atoms with E-state index in [0.29, 0.717) is 0 Å². The average Bonchev–Trinajstić information content (AvgIpc) is 3.37. The fourth-order valence-corrected chi connectivity index (χ4v) is 9.22. The van der Waals surface area contributed by atoms with Crippen molar-refractivity contribution in [3.8, 4) is 66.8 Å².